The minimum atomic E-state index is -0.502. The van der Waals surface area contributed by atoms with Gasteiger partial charge in [-0.25, -0.2) is 9.67 Å². The fourth-order valence-electron chi connectivity index (χ4n) is 2.69. The topological polar surface area (TPSA) is 81.3 Å². The van der Waals surface area contributed by atoms with Crippen LogP contribution in [0, 0.1) is 6.92 Å². The second kappa shape index (κ2) is 6.57. The van der Waals surface area contributed by atoms with Crippen molar-refractivity contribution in [3.05, 3.63) is 81.3 Å². The van der Waals surface area contributed by atoms with Crippen LogP contribution >= 0.6 is 11.3 Å². The molecule has 0 aliphatic carbocycles. The molecule has 0 aliphatic rings. The summed E-state index contributed by atoms with van der Waals surface area (Å²) in [6.45, 7) is 2.37. The van der Waals surface area contributed by atoms with Gasteiger partial charge in [0.25, 0.3) is 11.5 Å². The van der Waals surface area contributed by atoms with Crippen molar-refractivity contribution in [2.75, 3.05) is 5.32 Å². The van der Waals surface area contributed by atoms with Gasteiger partial charge in [-0.05, 0) is 12.5 Å². The van der Waals surface area contributed by atoms with E-state index in [0.29, 0.717) is 17.3 Å². The van der Waals surface area contributed by atoms with Crippen LogP contribution in [0.25, 0.3) is 4.96 Å². The number of aromatic nitrogens is 4. The Morgan fingerprint density at radius 3 is 2.88 bits per heavy atom. The van der Waals surface area contributed by atoms with E-state index < -0.39 is 5.91 Å². The molecule has 0 atom stereocenters. The summed E-state index contributed by atoms with van der Waals surface area (Å²) in [5.74, 6) is 0.0310. The molecule has 26 heavy (non-hydrogen) atoms. The van der Waals surface area contributed by atoms with E-state index >= 15 is 0 Å². The maximum atomic E-state index is 12.6. The molecule has 1 N–H and O–H groups in total. The van der Waals surface area contributed by atoms with Crippen molar-refractivity contribution in [1.82, 2.24) is 19.2 Å². The predicted octanol–water partition coefficient (Wildman–Crippen LogP) is 2.56. The van der Waals surface area contributed by atoms with Crippen molar-refractivity contribution in [2.45, 2.75) is 13.5 Å². The van der Waals surface area contributed by atoms with Gasteiger partial charge in [-0.3, -0.25) is 14.0 Å². The third kappa shape index (κ3) is 3.02. The van der Waals surface area contributed by atoms with Crippen LogP contribution < -0.4 is 10.9 Å². The maximum Gasteiger partial charge on any atom is 0.271 e. The van der Waals surface area contributed by atoms with Crippen LogP contribution in [0.1, 0.15) is 21.6 Å². The lowest BCUT2D eigenvalue weighted by Gasteiger charge is -2.09. The Bertz CT molecular complexity index is 1140. The van der Waals surface area contributed by atoms with Gasteiger partial charge in [0.2, 0.25) is 0 Å². The molecule has 3 aromatic heterocycles. The summed E-state index contributed by atoms with van der Waals surface area (Å²) >= 11 is 1.34. The molecule has 4 rings (SSSR count). The van der Waals surface area contributed by atoms with Crippen LogP contribution in [-0.2, 0) is 6.54 Å². The van der Waals surface area contributed by atoms with E-state index in [0.717, 1.165) is 11.3 Å². The Hall–Kier alpha value is -3.26. The van der Waals surface area contributed by atoms with E-state index in [1.165, 1.54) is 21.9 Å². The maximum absolute atomic E-state index is 12.6. The van der Waals surface area contributed by atoms with E-state index in [-0.39, 0.29) is 11.1 Å². The highest BCUT2D eigenvalue weighted by Crippen LogP contribution is 2.14. The van der Waals surface area contributed by atoms with Crippen LogP contribution in [-0.4, -0.2) is 25.1 Å². The molecule has 0 spiro atoms. The van der Waals surface area contributed by atoms with Crippen molar-refractivity contribution < 1.29 is 4.79 Å². The lowest BCUT2D eigenvalue weighted by Crippen LogP contribution is -2.26. The molecule has 4 aromatic rings. The Balaban J connectivity index is 1.63. The molecule has 0 unspecified atom stereocenters. The van der Waals surface area contributed by atoms with Crippen molar-refractivity contribution in [3.63, 3.8) is 0 Å². The average molecular weight is 365 g/mol. The number of hydrogen-bond donors (Lipinski definition) is 1. The SMILES string of the molecule is Cc1cc(NC(=O)c2cnc3sccn3c2=O)n(Cc2ccccc2)n1. The van der Waals surface area contributed by atoms with Gasteiger partial charge in [0.1, 0.15) is 11.4 Å². The van der Waals surface area contributed by atoms with Gasteiger partial charge in [0, 0.05) is 23.8 Å². The fraction of sp³-hybridized carbons (Fsp3) is 0.111. The standard InChI is InChI=1S/C18H15N5O2S/c1-12-9-15(23(21-12)11-13-5-3-2-4-6-13)20-16(24)14-10-19-18-22(17(14)25)7-8-26-18/h2-10H,11H2,1H3,(H,20,24). The number of benzene rings is 1. The Kier molecular flexibility index (Phi) is 4.10. The lowest BCUT2D eigenvalue weighted by atomic mass is 10.2. The summed E-state index contributed by atoms with van der Waals surface area (Å²) in [4.78, 5) is 29.8. The van der Waals surface area contributed by atoms with Crippen molar-refractivity contribution in [2.24, 2.45) is 0 Å². The van der Waals surface area contributed by atoms with Gasteiger partial charge in [0.15, 0.2) is 4.96 Å². The summed E-state index contributed by atoms with van der Waals surface area (Å²) in [6, 6.07) is 11.6. The molecule has 7 nitrogen and oxygen atoms in total. The van der Waals surface area contributed by atoms with E-state index in [1.807, 2.05) is 37.3 Å². The minimum Gasteiger partial charge on any atom is -0.307 e. The highest BCUT2D eigenvalue weighted by atomic mass is 32.1. The Morgan fingerprint density at radius 2 is 2.08 bits per heavy atom. The van der Waals surface area contributed by atoms with Crippen LogP contribution in [0.4, 0.5) is 5.82 Å². The molecule has 0 fully saturated rings. The van der Waals surface area contributed by atoms with Crippen LogP contribution in [0.2, 0.25) is 0 Å². The van der Waals surface area contributed by atoms with Gasteiger partial charge in [-0.2, -0.15) is 5.10 Å². The smallest absolute Gasteiger partial charge is 0.271 e. The van der Waals surface area contributed by atoms with Crippen LogP contribution in [0.3, 0.4) is 0 Å². The minimum absolute atomic E-state index is 0.00832. The summed E-state index contributed by atoms with van der Waals surface area (Å²) in [5, 5.41) is 8.95. The molecule has 8 heteroatoms. The first-order chi connectivity index (χ1) is 12.6. The largest absolute Gasteiger partial charge is 0.307 e. The monoisotopic (exact) mass is 365 g/mol. The van der Waals surface area contributed by atoms with Gasteiger partial charge in [-0.15, -0.1) is 11.3 Å². The van der Waals surface area contributed by atoms with Crippen molar-refractivity contribution in [3.8, 4) is 0 Å². The second-order valence-corrected chi connectivity index (χ2v) is 6.67. The summed E-state index contributed by atoms with van der Waals surface area (Å²) in [7, 11) is 0. The number of carbonyl (C=O) groups is 1. The zero-order valence-corrected chi connectivity index (χ0v) is 14.7. The van der Waals surface area contributed by atoms with E-state index in [9.17, 15) is 9.59 Å². The zero-order chi connectivity index (χ0) is 18.1. The average Bonchev–Trinajstić information content (AvgIpc) is 3.23. The number of aryl methyl sites for hydroxylation is 1. The number of nitrogens with one attached hydrogen (secondary N) is 1. The molecular formula is C18H15N5O2S. The summed E-state index contributed by atoms with van der Waals surface area (Å²) in [5.41, 5.74) is 1.44. The normalized spacial score (nSPS) is 11.0. The number of thiazole rings is 1. The number of carbonyl (C=O) groups excluding carboxylic acids is 1. The van der Waals surface area contributed by atoms with Crippen LogP contribution in [0.5, 0.6) is 0 Å². The van der Waals surface area contributed by atoms with Crippen molar-refractivity contribution in [1.29, 1.82) is 0 Å². The highest BCUT2D eigenvalue weighted by Gasteiger charge is 2.16. The molecule has 1 aromatic carbocycles. The van der Waals surface area contributed by atoms with Gasteiger partial charge < -0.3 is 5.32 Å². The Labute approximate surface area is 152 Å². The molecule has 1 amide bonds. The molecule has 0 aliphatic heterocycles. The first kappa shape index (κ1) is 16.2. The summed E-state index contributed by atoms with van der Waals surface area (Å²) in [6.07, 6.45) is 2.92. The van der Waals surface area contributed by atoms with E-state index in [2.05, 4.69) is 15.4 Å². The molecular weight excluding hydrogens is 350 g/mol. The first-order valence-corrected chi connectivity index (χ1v) is 8.84. The van der Waals surface area contributed by atoms with Crippen LogP contribution in [0.15, 0.2) is 59.0 Å². The Morgan fingerprint density at radius 1 is 1.27 bits per heavy atom. The number of fused-ring (bicyclic) bond motifs is 1. The van der Waals surface area contributed by atoms with E-state index in [1.54, 1.807) is 22.3 Å². The third-order valence-corrected chi connectivity index (χ3v) is 4.68. The number of hydrogen-bond acceptors (Lipinski definition) is 5. The number of rotatable bonds is 4. The number of anilines is 1. The van der Waals surface area contributed by atoms with Gasteiger partial charge >= 0.3 is 0 Å². The first-order valence-electron chi connectivity index (χ1n) is 7.96. The molecule has 0 saturated heterocycles. The number of nitrogens with zero attached hydrogens (tertiary/aromatic N) is 4. The lowest BCUT2D eigenvalue weighted by molar-refractivity contribution is 0.102. The molecule has 3 heterocycles. The fourth-order valence-corrected chi connectivity index (χ4v) is 3.36. The molecule has 0 radical (unpaired) electrons. The van der Waals surface area contributed by atoms with Gasteiger partial charge in [-0.1, -0.05) is 30.3 Å². The third-order valence-electron chi connectivity index (χ3n) is 3.91. The highest BCUT2D eigenvalue weighted by molar-refractivity contribution is 7.15. The van der Waals surface area contributed by atoms with E-state index in [4.69, 9.17) is 0 Å². The molecule has 130 valence electrons. The zero-order valence-electron chi connectivity index (χ0n) is 13.9. The van der Waals surface area contributed by atoms with Crippen molar-refractivity contribution >= 4 is 28.0 Å². The number of amides is 1. The molecule has 0 bridgehead atoms. The summed E-state index contributed by atoms with van der Waals surface area (Å²) < 4.78 is 3.07. The van der Waals surface area contributed by atoms with Gasteiger partial charge in [0.05, 0.1) is 12.2 Å². The molecule has 0 saturated carbocycles. The second-order valence-electron chi connectivity index (χ2n) is 5.80. The predicted molar refractivity (Wildman–Crippen MR) is 99.8 cm³/mol. The quantitative estimate of drug-likeness (QED) is 0.603.